The summed E-state index contributed by atoms with van der Waals surface area (Å²) in [7, 11) is 0. The predicted molar refractivity (Wildman–Crippen MR) is 79.5 cm³/mol. The molecule has 2 rings (SSSR count). The van der Waals surface area contributed by atoms with Gasteiger partial charge in [-0.15, -0.1) is 0 Å². The lowest BCUT2D eigenvalue weighted by Crippen LogP contribution is -2.25. The predicted octanol–water partition coefficient (Wildman–Crippen LogP) is 3.41. The van der Waals surface area contributed by atoms with Gasteiger partial charge in [0.15, 0.2) is 0 Å². The second kappa shape index (κ2) is 6.88. The van der Waals surface area contributed by atoms with Crippen molar-refractivity contribution in [2.24, 2.45) is 0 Å². The number of aromatic nitrogens is 2. The number of rotatable bonds is 4. The molecule has 2 aromatic rings. The Hall–Kier alpha value is -1.36. The Morgan fingerprint density at radius 3 is 2.40 bits per heavy atom. The largest absolute Gasteiger partial charge is 0.352 e. The maximum absolute atomic E-state index is 11.9. The Labute approximate surface area is 131 Å². The molecule has 0 saturated carbocycles. The van der Waals surface area contributed by atoms with Crippen molar-refractivity contribution in [3.8, 4) is 0 Å². The number of halogens is 3. The Bertz CT molecular complexity index is 597. The fraction of sp³-hybridized carbons (Fsp3) is 0.154. The van der Waals surface area contributed by atoms with Gasteiger partial charge in [0.1, 0.15) is 15.5 Å². The zero-order valence-electron chi connectivity index (χ0n) is 10.2. The minimum absolute atomic E-state index is 0.185. The van der Waals surface area contributed by atoms with E-state index in [-0.39, 0.29) is 16.2 Å². The van der Waals surface area contributed by atoms with Gasteiger partial charge in [-0.3, -0.25) is 4.79 Å². The van der Waals surface area contributed by atoms with Crippen molar-refractivity contribution in [3.63, 3.8) is 0 Å². The van der Waals surface area contributed by atoms with Crippen molar-refractivity contribution in [2.75, 3.05) is 6.54 Å². The van der Waals surface area contributed by atoms with Crippen molar-refractivity contribution >= 4 is 40.7 Å². The summed E-state index contributed by atoms with van der Waals surface area (Å²) in [5, 5.41) is 3.58. The summed E-state index contributed by atoms with van der Waals surface area (Å²) in [5.41, 5.74) is 1.37. The molecule has 0 aliphatic rings. The first-order valence-electron chi connectivity index (χ1n) is 5.76. The summed E-state index contributed by atoms with van der Waals surface area (Å²) in [5.74, 6) is -0.252. The summed E-state index contributed by atoms with van der Waals surface area (Å²) < 4.78 is 0. The smallest absolute Gasteiger partial charge is 0.251 e. The van der Waals surface area contributed by atoms with Crippen LogP contribution in [0.4, 0.5) is 0 Å². The average Bonchev–Trinajstić information content (AvgIpc) is 2.40. The van der Waals surface area contributed by atoms with Gasteiger partial charge < -0.3 is 5.32 Å². The quantitative estimate of drug-likeness (QED) is 0.874. The summed E-state index contributed by atoms with van der Waals surface area (Å²) in [6.45, 7) is 0.472. The molecule has 2 aromatic heterocycles. The third kappa shape index (κ3) is 4.34. The van der Waals surface area contributed by atoms with Crippen molar-refractivity contribution in [1.29, 1.82) is 0 Å². The van der Waals surface area contributed by atoms with Gasteiger partial charge in [0.25, 0.3) is 5.91 Å². The molecule has 0 saturated heterocycles. The lowest BCUT2D eigenvalue weighted by molar-refractivity contribution is 0.0954. The molecule has 0 atom stereocenters. The van der Waals surface area contributed by atoms with Crippen LogP contribution in [-0.2, 0) is 6.42 Å². The summed E-state index contributed by atoms with van der Waals surface area (Å²) >= 11 is 17.2. The Balaban J connectivity index is 1.90. The van der Waals surface area contributed by atoms with Crippen LogP contribution in [0, 0.1) is 0 Å². The Kier molecular flexibility index (Phi) is 5.17. The first-order chi connectivity index (χ1) is 9.54. The van der Waals surface area contributed by atoms with E-state index in [1.165, 1.54) is 12.1 Å². The number of pyridine rings is 2. The first-order valence-corrected chi connectivity index (χ1v) is 6.90. The molecule has 0 aliphatic heterocycles. The summed E-state index contributed by atoms with van der Waals surface area (Å²) in [6.07, 6.45) is 2.33. The number of hydrogen-bond donors (Lipinski definition) is 1. The molecule has 0 bridgehead atoms. The minimum atomic E-state index is -0.252. The molecule has 1 amide bonds. The molecule has 0 spiro atoms. The first kappa shape index (κ1) is 15.0. The maximum Gasteiger partial charge on any atom is 0.251 e. The van der Waals surface area contributed by atoms with Gasteiger partial charge in [0.05, 0.1) is 0 Å². The fourth-order valence-corrected chi connectivity index (χ4v) is 2.14. The molecule has 0 aromatic carbocycles. The second-order valence-electron chi connectivity index (χ2n) is 4.00. The van der Waals surface area contributed by atoms with Gasteiger partial charge in [-0.1, -0.05) is 40.9 Å². The molecule has 0 aliphatic carbocycles. The van der Waals surface area contributed by atoms with E-state index < -0.39 is 0 Å². The molecule has 0 radical (unpaired) electrons. The highest BCUT2D eigenvalue weighted by Gasteiger charge is 2.08. The molecule has 20 heavy (non-hydrogen) atoms. The second-order valence-corrected chi connectivity index (χ2v) is 5.16. The van der Waals surface area contributed by atoms with Gasteiger partial charge >= 0.3 is 0 Å². The lowest BCUT2D eigenvalue weighted by Gasteiger charge is -2.06. The van der Waals surface area contributed by atoms with Crippen LogP contribution in [0.3, 0.4) is 0 Å². The highest BCUT2D eigenvalue weighted by Crippen LogP contribution is 2.14. The van der Waals surface area contributed by atoms with Crippen LogP contribution < -0.4 is 5.32 Å². The maximum atomic E-state index is 11.9. The number of hydrogen-bond acceptors (Lipinski definition) is 3. The molecule has 7 heteroatoms. The van der Waals surface area contributed by atoms with Gasteiger partial charge in [0, 0.05) is 18.3 Å². The van der Waals surface area contributed by atoms with E-state index in [0.717, 1.165) is 5.56 Å². The van der Waals surface area contributed by atoms with Crippen molar-refractivity contribution in [2.45, 2.75) is 6.42 Å². The van der Waals surface area contributed by atoms with Crippen LogP contribution >= 0.6 is 34.8 Å². The molecule has 4 nitrogen and oxygen atoms in total. The number of amides is 1. The molecule has 0 fully saturated rings. The van der Waals surface area contributed by atoms with Gasteiger partial charge in [-0.05, 0) is 30.2 Å². The number of nitrogens with zero attached hydrogens (tertiary/aromatic N) is 2. The van der Waals surface area contributed by atoms with Crippen molar-refractivity contribution < 1.29 is 4.79 Å². The number of carbonyl (C=O) groups excluding carboxylic acids is 1. The van der Waals surface area contributed by atoms with Gasteiger partial charge in [0.2, 0.25) is 0 Å². The molecule has 2 heterocycles. The Morgan fingerprint density at radius 2 is 1.80 bits per heavy atom. The van der Waals surface area contributed by atoms with Crippen LogP contribution in [-0.4, -0.2) is 22.4 Å². The molecule has 0 unspecified atom stereocenters. The number of carbonyl (C=O) groups is 1. The van der Waals surface area contributed by atoms with Crippen LogP contribution in [0.5, 0.6) is 0 Å². The number of nitrogens with one attached hydrogen (secondary N) is 1. The third-order valence-corrected chi connectivity index (χ3v) is 3.12. The van der Waals surface area contributed by atoms with Gasteiger partial charge in [-0.2, -0.15) is 0 Å². The molecule has 104 valence electrons. The Morgan fingerprint density at radius 1 is 1.10 bits per heavy atom. The van der Waals surface area contributed by atoms with Crippen LogP contribution in [0.25, 0.3) is 0 Å². The highest BCUT2D eigenvalue weighted by atomic mass is 35.5. The van der Waals surface area contributed by atoms with E-state index in [4.69, 9.17) is 34.8 Å². The van der Waals surface area contributed by atoms with Crippen LogP contribution in [0.2, 0.25) is 15.5 Å². The van der Waals surface area contributed by atoms with Crippen LogP contribution in [0.15, 0.2) is 30.5 Å². The van der Waals surface area contributed by atoms with E-state index in [1.54, 1.807) is 12.3 Å². The zero-order valence-corrected chi connectivity index (χ0v) is 12.5. The zero-order chi connectivity index (χ0) is 14.5. The highest BCUT2D eigenvalue weighted by molar-refractivity contribution is 6.33. The van der Waals surface area contributed by atoms with Crippen molar-refractivity contribution in [1.82, 2.24) is 15.3 Å². The molecule has 1 N–H and O–H groups in total. The van der Waals surface area contributed by atoms with E-state index in [0.29, 0.717) is 23.7 Å². The summed E-state index contributed by atoms with van der Waals surface area (Å²) in [6, 6.07) is 6.50. The third-order valence-electron chi connectivity index (χ3n) is 2.51. The van der Waals surface area contributed by atoms with E-state index >= 15 is 0 Å². The molecular weight excluding hydrogens is 321 g/mol. The molecular formula is C13H10Cl3N3O. The lowest BCUT2D eigenvalue weighted by atomic mass is 10.2. The van der Waals surface area contributed by atoms with Gasteiger partial charge in [-0.25, -0.2) is 9.97 Å². The monoisotopic (exact) mass is 329 g/mol. The summed E-state index contributed by atoms with van der Waals surface area (Å²) in [4.78, 5) is 19.7. The topological polar surface area (TPSA) is 54.9 Å². The van der Waals surface area contributed by atoms with E-state index in [9.17, 15) is 4.79 Å². The minimum Gasteiger partial charge on any atom is -0.352 e. The van der Waals surface area contributed by atoms with Crippen LogP contribution in [0.1, 0.15) is 15.9 Å². The SMILES string of the molecule is O=C(NCCc1ccc(Cl)nc1)c1cc(Cl)nc(Cl)c1. The fourth-order valence-electron chi connectivity index (χ4n) is 1.57. The van der Waals surface area contributed by atoms with Crippen molar-refractivity contribution in [3.05, 3.63) is 57.0 Å². The van der Waals surface area contributed by atoms with E-state index in [2.05, 4.69) is 15.3 Å². The standard InChI is InChI=1S/C13H10Cl3N3O/c14-10-2-1-8(7-18-10)3-4-17-13(20)9-5-11(15)19-12(16)6-9/h1-2,5-7H,3-4H2,(H,17,20). The van der Waals surface area contributed by atoms with E-state index in [1.807, 2.05) is 6.07 Å². The normalized spacial score (nSPS) is 10.3. The average molecular weight is 331 g/mol.